The summed E-state index contributed by atoms with van der Waals surface area (Å²) in [7, 11) is -0.446. The smallest absolute Gasteiger partial charge is 0.00506 e. The van der Waals surface area contributed by atoms with Gasteiger partial charge in [-0.05, 0) is 23.8 Å². The monoisotopic (exact) mass is 421 g/mol. The van der Waals surface area contributed by atoms with Crippen LogP contribution in [0.5, 0.6) is 0 Å². The van der Waals surface area contributed by atoms with Crippen molar-refractivity contribution in [2.75, 3.05) is 0 Å². The van der Waals surface area contributed by atoms with Crippen LogP contribution in [0.25, 0.3) is 0 Å². The van der Waals surface area contributed by atoms with Crippen molar-refractivity contribution in [3.63, 3.8) is 0 Å². The van der Waals surface area contributed by atoms with Crippen LogP contribution in [0.3, 0.4) is 0 Å². The third-order valence-electron chi connectivity index (χ3n) is 3.60. The summed E-state index contributed by atoms with van der Waals surface area (Å²) in [6.45, 7) is 0. The minimum atomic E-state index is -0.446. The average molecular weight is 423 g/mol. The van der Waals surface area contributed by atoms with Gasteiger partial charge in [0.2, 0.25) is 0 Å². The van der Waals surface area contributed by atoms with Gasteiger partial charge in [0.05, 0.1) is 0 Å². The molecule has 0 fully saturated rings. The maximum Gasteiger partial charge on any atom is 0.00506 e. The fraction of sp³-hybridized carbons (Fsp3) is 0. The van der Waals surface area contributed by atoms with E-state index in [2.05, 4.69) is 91.0 Å². The van der Waals surface area contributed by atoms with Crippen LogP contribution in [0.15, 0.2) is 115 Å². The third kappa shape index (κ3) is 6.58. The van der Waals surface area contributed by atoms with E-state index in [9.17, 15) is 0 Å². The van der Waals surface area contributed by atoms with E-state index in [-0.39, 0.29) is 28.9 Å². The molecule has 0 saturated carbocycles. The molecule has 0 bridgehead atoms. The molecule has 0 atom stereocenters. The second-order valence-corrected chi connectivity index (χ2v) is 7.52. The van der Waals surface area contributed by atoms with Crippen molar-refractivity contribution < 1.29 is 16.5 Å². The Kier molecular flexibility index (Phi) is 10.9. The van der Waals surface area contributed by atoms with Gasteiger partial charge in [-0.2, -0.15) is 0 Å². The largest absolute Gasteiger partial charge is 0.147 e. The van der Waals surface area contributed by atoms with Gasteiger partial charge in [0.1, 0.15) is 0 Å². The summed E-state index contributed by atoms with van der Waals surface area (Å²) >= 11 is 0. The molecular formula is C23H21ClNiP. The summed E-state index contributed by atoms with van der Waals surface area (Å²) in [5.74, 6) is 0. The second-order valence-electron chi connectivity index (χ2n) is 5.30. The molecule has 0 amide bonds. The van der Waals surface area contributed by atoms with Crippen LogP contribution in [-0.4, -0.2) is 0 Å². The van der Waals surface area contributed by atoms with Crippen molar-refractivity contribution in [1.82, 2.24) is 0 Å². The Labute approximate surface area is 174 Å². The summed E-state index contributed by atoms with van der Waals surface area (Å²) in [6, 6.07) is 32.3. The van der Waals surface area contributed by atoms with Gasteiger partial charge in [0, 0.05) is 22.9 Å². The van der Waals surface area contributed by atoms with Crippen LogP contribution in [0.4, 0.5) is 0 Å². The minimum absolute atomic E-state index is 0. The molecule has 1 radical (unpaired) electrons. The Morgan fingerprint density at radius 1 is 0.423 bits per heavy atom. The zero-order valence-corrected chi connectivity index (χ0v) is 16.9. The first kappa shape index (κ1) is 22.4. The van der Waals surface area contributed by atoms with E-state index >= 15 is 0 Å². The van der Waals surface area contributed by atoms with Crippen LogP contribution < -0.4 is 15.9 Å². The van der Waals surface area contributed by atoms with Crippen LogP contribution >= 0.6 is 20.3 Å². The van der Waals surface area contributed by atoms with Gasteiger partial charge in [-0.1, -0.05) is 115 Å². The van der Waals surface area contributed by atoms with E-state index in [1.165, 1.54) is 15.9 Å². The van der Waals surface area contributed by atoms with Crippen molar-refractivity contribution in [2.24, 2.45) is 0 Å². The van der Waals surface area contributed by atoms with E-state index in [1.807, 2.05) is 30.7 Å². The maximum atomic E-state index is 2.23. The molecular weight excluding hydrogens is 401 g/mol. The van der Waals surface area contributed by atoms with Crippen LogP contribution in [0, 0.1) is 6.42 Å². The number of halogens is 1. The average Bonchev–Trinajstić information content (AvgIpc) is 3.25. The van der Waals surface area contributed by atoms with Gasteiger partial charge < -0.3 is 0 Å². The zero-order valence-electron chi connectivity index (χ0n) is 14.2. The summed E-state index contributed by atoms with van der Waals surface area (Å²) in [5.41, 5.74) is 0. The first-order chi connectivity index (χ1) is 11.9. The summed E-state index contributed by atoms with van der Waals surface area (Å²) < 4.78 is 0. The minimum Gasteiger partial charge on any atom is -0.147 e. The standard InChI is InChI=1S/C18H15P.C5H5.ClH.Ni/c1-4-10-16(11-5-1)19(17-12-6-2-7-13-17)18-14-8-3-9-15-18;1-2-4-5-3-1;;/h1-15H;1-5H;1H;. The zero-order chi connectivity index (χ0) is 16.5. The number of hydrogen-bond acceptors (Lipinski definition) is 0. The Hall–Kier alpha value is -1.65. The number of hydrogen-bond donors (Lipinski definition) is 0. The normalized spacial score (nSPS) is 11.1. The Morgan fingerprint density at radius 3 is 0.962 bits per heavy atom. The van der Waals surface area contributed by atoms with Crippen LogP contribution in [0.2, 0.25) is 0 Å². The van der Waals surface area contributed by atoms with Gasteiger partial charge in [0.25, 0.3) is 0 Å². The Bertz CT molecular complexity index is 682. The van der Waals surface area contributed by atoms with Crippen LogP contribution in [-0.2, 0) is 16.5 Å². The van der Waals surface area contributed by atoms with Gasteiger partial charge in [-0.25, -0.2) is 0 Å². The SMILES string of the molecule is Cl.[CH]1C=CC=C1.[Ni].c1ccc(P(c2ccccc2)c2ccccc2)cc1. The third-order valence-corrected chi connectivity index (χ3v) is 6.04. The number of rotatable bonds is 3. The fourth-order valence-electron chi connectivity index (χ4n) is 2.50. The number of allylic oxidation sites excluding steroid dienone is 4. The van der Waals surface area contributed by atoms with Gasteiger partial charge in [0.15, 0.2) is 0 Å². The predicted molar refractivity (Wildman–Crippen MR) is 115 cm³/mol. The van der Waals surface area contributed by atoms with E-state index in [4.69, 9.17) is 0 Å². The summed E-state index contributed by atoms with van der Waals surface area (Å²) in [4.78, 5) is 0. The van der Waals surface area contributed by atoms with Gasteiger partial charge in [-0.15, -0.1) is 12.4 Å². The molecule has 0 saturated heterocycles. The first-order valence-electron chi connectivity index (χ1n) is 8.07. The Morgan fingerprint density at radius 2 is 0.731 bits per heavy atom. The molecule has 0 N–H and O–H groups in total. The molecule has 3 heteroatoms. The van der Waals surface area contributed by atoms with Crippen molar-refractivity contribution in [1.29, 1.82) is 0 Å². The molecule has 26 heavy (non-hydrogen) atoms. The van der Waals surface area contributed by atoms with E-state index in [1.54, 1.807) is 0 Å². The van der Waals surface area contributed by atoms with E-state index in [0.717, 1.165) is 0 Å². The van der Waals surface area contributed by atoms with Gasteiger partial charge in [-0.3, -0.25) is 0 Å². The summed E-state index contributed by atoms with van der Waals surface area (Å²) in [6.07, 6.45) is 10.0. The van der Waals surface area contributed by atoms with Crippen molar-refractivity contribution in [3.8, 4) is 0 Å². The van der Waals surface area contributed by atoms with Gasteiger partial charge >= 0.3 is 0 Å². The first-order valence-corrected chi connectivity index (χ1v) is 9.41. The maximum absolute atomic E-state index is 2.23. The molecule has 0 heterocycles. The van der Waals surface area contributed by atoms with Crippen molar-refractivity contribution in [2.45, 2.75) is 0 Å². The Balaban J connectivity index is 0.000000421. The predicted octanol–water partition coefficient (Wildman–Crippen LogP) is 5.18. The molecule has 1 aliphatic rings. The molecule has 0 spiro atoms. The summed E-state index contributed by atoms with van der Waals surface area (Å²) in [5, 5.41) is 4.19. The molecule has 0 unspecified atom stereocenters. The topological polar surface area (TPSA) is 0 Å². The molecule has 0 nitrogen and oxygen atoms in total. The van der Waals surface area contributed by atoms with Crippen molar-refractivity contribution in [3.05, 3.63) is 122 Å². The molecule has 0 aliphatic heterocycles. The molecule has 1 aliphatic carbocycles. The molecule has 3 aromatic rings. The van der Waals surface area contributed by atoms with E-state index in [0.29, 0.717) is 0 Å². The second kappa shape index (κ2) is 12.7. The van der Waals surface area contributed by atoms with E-state index < -0.39 is 7.92 Å². The fourth-order valence-corrected chi connectivity index (χ4v) is 4.80. The van der Waals surface area contributed by atoms with Crippen molar-refractivity contribution >= 4 is 36.2 Å². The molecule has 0 aromatic heterocycles. The molecule has 3 aromatic carbocycles. The molecule has 135 valence electrons. The quantitative estimate of drug-likeness (QED) is 0.403. The molecule has 4 rings (SSSR count). The number of benzene rings is 3. The van der Waals surface area contributed by atoms with Crippen LogP contribution in [0.1, 0.15) is 0 Å².